The summed E-state index contributed by atoms with van der Waals surface area (Å²) in [5.74, 6) is -0.747. The summed E-state index contributed by atoms with van der Waals surface area (Å²) in [4.78, 5) is 38.1. The fourth-order valence-electron chi connectivity index (χ4n) is 1.58. The molecule has 0 aliphatic heterocycles. The number of amides is 1. The highest BCUT2D eigenvalue weighted by atomic mass is 19.4. The molecule has 10 heteroatoms. The van der Waals surface area contributed by atoms with Gasteiger partial charge in [0.1, 0.15) is 0 Å². The van der Waals surface area contributed by atoms with Gasteiger partial charge in [0.15, 0.2) is 6.10 Å². The van der Waals surface area contributed by atoms with E-state index in [1.54, 1.807) is 0 Å². The number of rotatable bonds is 5. The maximum absolute atomic E-state index is 12.0. The summed E-state index contributed by atoms with van der Waals surface area (Å²) >= 11 is 0. The van der Waals surface area contributed by atoms with Gasteiger partial charge in [0.25, 0.3) is 5.56 Å². The Bertz CT molecular complexity index is 620. The van der Waals surface area contributed by atoms with Crippen LogP contribution in [0.25, 0.3) is 0 Å². The number of carbonyl (C=O) groups excluding carboxylic acids is 1. The molecule has 0 bridgehead atoms. The Kier molecular flexibility index (Phi) is 5.30. The number of aliphatic hydroxyl groups is 1. The van der Waals surface area contributed by atoms with E-state index in [4.69, 9.17) is 5.11 Å². The van der Waals surface area contributed by atoms with E-state index in [1.807, 2.05) is 10.3 Å². The van der Waals surface area contributed by atoms with Crippen LogP contribution in [0.4, 0.5) is 13.2 Å². The number of halogens is 3. The fourth-order valence-corrected chi connectivity index (χ4v) is 1.58. The van der Waals surface area contributed by atoms with Gasteiger partial charge >= 0.3 is 11.9 Å². The number of alkyl halides is 3. The Labute approximate surface area is 116 Å². The van der Waals surface area contributed by atoms with Crippen LogP contribution >= 0.6 is 0 Å². The maximum atomic E-state index is 12.0. The zero-order chi connectivity index (χ0) is 16.2. The molecule has 0 aliphatic rings. The van der Waals surface area contributed by atoms with Crippen molar-refractivity contribution in [2.24, 2.45) is 0 Å². The fraction of sp³-hybridized carbons (Fsp3) is 0.545. The van der Waals surface area contributed by atoms with Gasteiger partial charge in [-0.15, -0.1) is 0 Å². The molecule has 1 unspecified atom stereocenters. The number of hydrogen-bond donors (Lipinski definition) is 4. The number of aromatic nitrogens is 2. The van der Waals surface area contributed by atoms with Crippen molar-refractivity contribution in [3.63, 3.8) is 0 Å². The lowest BCUT2D eigenvalue weighted by Gasteiger charge is -2.14. The molecule has 0 spiro atoms. The second-order valence-electron chi connectivity index (χ2n) is 4.37. The predicted molar refractivity (Wildman–Crippen MR) is 65.8 cm³/mol. The van der Waals surface area contributed by atoms with E-state index in [9.17, 15) is 27.6 Å². The average Bonchev–Trinajstić information content (AvgIpc) is 2.33. The van der Waals surface area contributed by atoms with Gasteiger partial charge in [-0.25, -0.2) is 4.79 Å². The van der Waals surface area contributed by atoms with E-state index < -0.39 is 36.0 Å². The number of nitrogens with one attached hydrogen (secondary N) is 3. The molecule has 118 valence electrons. The Balaban J connectivity index is 2.55. The first-order chi connectivity index (χ1) is 9.61. The molecule has 1 aromatic heterocycles. The first-order valence-electron chi connectivity index (χ1n) is 5.95. The molecule has 1 aromatic rings. The third-order valence-electron chi connectivity index (χ3n) is 2.73. The second-order valence-corrected chi connectivity index (χ2v) is 4.37. The number of carbonyl (C=O) groups is 1. The lowest BCUT2D eigenvalue weighted by Crippen LogP contribution is -2.40. The standard InChI is InChI=1S/C11H14F3N3O4/c1-5-6(9(20)17-10(21)16-5)2-3-8(19)15-4-7(18)11(12,13)14/h7,18H,2-4H2,1H3,(H,15,19)(H2,16,17,20,21). The van der Waals surface area contributed by atoms with Gasteiger partial charge in [-0.05, 0) is 13.3 Å². The van der Waals surface area contributed by atoms with Crippen molar-refractivity contribution in [1.82, 2.24) is 15.3 Å². The van der Waals surface area contributed by atoms with Crippen molar-refractivity contribution >= 4 is 5.91 Å². The van der Waals surface area contributed by atoms with Crippen LogP contribution in [0.2, 0.25) is 0 Å². The van der Waals surface area contributed by atoms with Crippen LogP contribution in [0.3, 0.4) is 0 Å². The van der Waals surface area contributed by atoms with Gasteiger partial charge in [-0.3, -0.25) is 14.6 Å². The second kappa shape index (κ2) is 6.57. The van der Waals surface area contributed by atoms with Crippen molar-refractivity contribution in [3.8, 4) is 0 Å². The van der Waals surface area contributed by atoms with Crippen molar-refractivity contribution in [1.29, 1.82) is 0 Å². The largest absolute Gasteiger partial charge is 0.416 e. The van der Waals surface area contributed by atoms with E-state index in [1.165, 1.54) is 6.92 Å². The SMILES string of the molecule is Cc1[nH]c(=O)[nH]c(=O)c1CCC(=O)NCC(O)C(F)(F)F. The molecule has 0 fully saturated rings. The summed E-state index contributed by atoms with van der Waals surface area (Å²) in [5.41, 5.74) is -0.883. The first-order valence-corrected chi connectivity index (χ1v) is 5.95. The summed E-state index contributed by atoms with van der Waals surface area (Å²) in [6, 6.07) is 0. The quantitative estimate of drug-likeness (QED) is 0.578. The molecule has 7 nitrogen and oxygen atoms in total. The molecular formula is C11H14F3N3O4. The number of aryl methyl sites for hydroxylation is 1. The van der Waals surface area contributed by atoms with Crippen LogP contribution in [0.5, 0.6) is 0 Å². The summed E-state index contributed by atoms with van der Waals surface area (Å²) in [7, 11) is 0. The number of aliphatic hydroxyl groups excluding tert-OH is 1. The van der Waals surface area contributed by atoms with Gasteiger partial charge in [-0.2, -0.15) is 13.2 Å². The van der Waals surface area contributed by atoms with Gasteiger partial charge < -0.3 is 15.4 Å². The molecule has 0 saturated carbocycles. The van der Waals surface area contributed by atoms with Crippen LogP contribution in [-0.4, -0.2) is 39.8 Å². The van der Waals surface area contributed by atoms with Crippen molar-refractivity contribution in [3.05, 3.63) is 32.1 Å². The zero-order valence-corrected chi connectivity index (χ0v) is 11.0. The molecular weight excluding hydrogens is 295 g/mol. The van der Waals surface area contributed by atoms with Crippen LogP contribution in [0.15, 0.2) is 9.59 Å². The maximum Gasteiger partial charge on any atom is 0.416 e. The van der Waals surface area contributed by atoms with Gasteiger partial charge in [0, 0.05) is 17.7 Å². The summed E-state index contributed by atoms with van der Waals surface area (Å²) in [6.45, 7) is 0.514. The highest BCUT2D eigenvalue weighted by Crippen LogP contribution is 2.19. The van der Waals surface area contributed by atoms with E-state index in [2.05, 4.69) is 4.98 Å². The molecule has 1 amide bonds. The molecule has 0 aromatic carbocycles. The van der Waals surface area contributed by atoms with E-state index in [0.717, 1.165) is 0 Å². The monoisotopic (exact) mass is 309 g/mol. The minimum absolute atomic E-state index is 0.0497. The molecule has 0 aliphatic carbocycles. The normalized spacial score (nSPS) is 13.0. The summed E-state index contributed by atoms with van der Waals surface area (Å²) in [5, 5.41) is 10.6. The van der Waals surface area contributed by atoms with Crippen LogP contribution in [-0.2, 0) is 11.2 Å². The van der Waals surface area contributed by atoms with Gasteiger partial charge in [0.05, 0.1) is 6.54 Å². The average molecular weight is 309 g/mol. The minimum atomic E-state index is -4.81. The Morgan fingerprint density at radius 1 is 1.33 bits per heavy atom. The molecule has 1 rings (SSSR count). The molecule has 0 radical (unpaired) electrons. The Hall–Kier alpha value is -2.10. The molecule has 0 saturated heterocycles. The zero-order valence-electron chi connectivity index (χ0n) is 11.0. The van der Waals surface area contributed by atoms with E-state index in [-0.39, 0.29) is 24.1 Å². The predicted octanol–water partition coefficient (Wildman–Crippen LogP) is -0.656. The highest BCUT2D eigenvalue weighted by molar-refractivity contribution is 5.76. The smallest absolute Gasteiger partial charge is 0.382 e. The lowest BCUT2D eigenvalue weighted by molar-refractivity contribution is -0.201. The van der Waals surface area contributed by atoms with E-state index >= 15 is 0 Å². The first kappa shape index (κ1) is 17.0. The van der Waals surface area contributed by atoms with Crippen molar-refractivity contribution in [2.75, 3.05) is 6.54 Å². The molecule has 1 heterocycles. The lowest BCUT2D eigenvalue weighted by atomic mass is 10.1. The topological polar surface area (TPSA) is 115 Å². The Morgan fingerprint density at radius 2 is 1.95 bits per heavy atom. The van der Waals surface area contributed by atoms with Gasteiger partial charge in [-0.1, -0.05) is 0 Å². The van der Waals surface area contributed by atoms with Gasteiger partial charge in [0.2, 0.25) is 5.91 Å². The Morgan fingerprint density at radius 3 is 2.48 bits per heavy atom. The van der Waals surface area contributed by atoms with Crippen molar-refractivity contribution in [2.45, 2.75) is 32.0 Å². The van der Waals surface area contributed by atoms with Crippen LogP contribution in [0, 0.1) is 6.92 Å². The summed E-state index contributed by atoms with van der Waals surface area (Å²) < 4.78 is 36.0. The van der Waals surface area contributed by atoms with Crippen LogP contribution in [0.1, 0.15) is 17.7 Å². The molecule has 21 heavy (non-hydrogen) atoms. The third kappa shape index (κ3) is 5.06. The van der Waals surface area contributed by atoms with E-state index in [0.29, 0.717) is 0 Å². The van der Waals surface area contributed by atoms with Crippen LogP contribution < -0.4 is 16.6 Å². The summed E-state index contributed by atoms with van der Waals surface area (Å²) in [6.07, 6.45) is -7.74. The molecule has 4 N–H and O–H groups in total. The highest BCUT2D eigenvalue weighted by Gasteiger charge is 2.38. The number of aromatic amines is 2. The van der Waals surface area contributed by atoms with Crippen molar-refractivity contribution < 1.29 is 23.1 Å². The minimum Gasteiger partial charge on any atom is -0.382 e. The molecule has 1 atom stereocenters. The third-order valence-corrected chi connectivity index (χ3v) is 2.73. The number of hydrogen-bond acceptors (Lipinski definition) is 4. The number of H-pyrrole nitrogens is 2.